The molecule has 23 heavy (non-hydrogen) atoms. The molecule has 2 aromatic heterocycles. The summed E-state index contributed by atoms with van der Waals surface area (Å²) in [6.45, 7) is 5.43. The fraction of sp³-hybridized carbons (Fsp3) is 0.500. The monoisotopic (exact) mass is 315 g/mol. The first kappa shape index (κ1) is 15.5. The van der Waals surface area contributed by atoms with Gasteiger partial charge in [-0.1, -0.05) is 0 Å². The molecule has 0 spiro atoms. The van der Waals surface area contributed by atoms with Gasteiger partial charge in [0.15, 0.2) is 0 Å². The van der Waals surface area contributed by atoms with E-state index in [1.807, 2.05) is 30.9 Å². The summed E-state index contributed by atoms with van der Waals surface area (Å²) in [5, 5.41) is 4.08. The molecule has 1 unspecified atom stereocenters. The van der Waals surface area contributed by atoms with E-state index in [9.17, 15) is 4.79 Å². The number of rotatable bonds is 4. The Labute approximate surface area is 135 Å². The summed E-state index contributed by atoms with van der Waals surface area (Å²) >= 11 is 0. The predicted octanol–water partition coefficient (Wildman–Crippen LogP) is 1.36. The molecule has 1 aliphatic rings. The molecule has 1 atom stereocenters. The second-order valence-electron chi connectivity index (χ2n) is 5.86. The van der Waals surface area contributed by atoms with Gasteiger partial charge in [-0.2, -0.15) is 5.10 Å². The largest absolute Gasteiger partial charge is 0.458 e. The topological polar surface area (TPSA) is 73.1 Å². The van der Waals surface area contributed by atoms with E-state index in [0.717, 1.165) is 30.8 Å². The van der Waals surface area contributed by atoms with Gasteiger partial charge < -0.3 is 9.64 Å². The molecule has 0 bridgehead atoms. The highest BCUT2D eigenvalue weighted by Crippen LogP contribution is 2.16. The molecule has 0 aromatic carbocycles. The number of hydrogen-bond acceptors (Lipinski definition) is 5. The molecule has 0 saturated carbocycles. The molecule has 2 aromatic rings. The minimum atomic E-state index is -0.0634. The standard InChI is InChI=1S/C16H21N5O2/c1-12-9-13(2)19-16(18-12)23-14-5-3-7-20(10-14)15(22)11-21-8-4-6-17-21/h4,6,8-9,14H,3,5,7,10-11H2,1-2H3. The first-order valence-electron chi connectivity index (χ1n) is 7.84. The maximum atomic E-state index is 12.3. The van der Waals surface area contributed by atoms with Crippen molar-refractivity contribution in [3.05, 3.63) is 35.9 Å². The van der Waals surface area contributed by atoms with Crippen molar-refractivity contribution in [1.29, 1.82) is 0 Å². The van der Waals surface area contributed by atoms with Crippen molar-refractivity contribution in [3.8, 4) is 6.01 Å². The molecule has 3 heterocycles. The van der Waals surface area contributed by atoms with Crippen LogP contribution in [0.1, 0.15) is 24.2 Å². The zero-order chi connectivity index (χ0) is 16.2. The molecule has 0 N–H and O–H groups in total. The van der Waals surface area contributed by atoms with E-state index in [4.69, 9.17) is 4.74 Å². The SMILES string of the molecule is Cc1cc(C)nc(OC2CCCN(C(=O)Cn3cccn3)C2)n1. The molecule has 1 fully saturated rings. The molecular weight excluding hydrogens is 294 g/mol. The van der Waals surface area contributed by atoms with Crippen molar-refractivity contribution in [1.82, 2.24) is 24.6 Å². The van der Waals surface area contributed by atoms with Crippen LogP contribution in [0.2, 0.25) is 0 Å². The molecule has 1 aliphatic heterocycles. The van der Waals surface area contributed by atoms with Crippen molar-refractivity contribution in [2.45, 2.75) is 39.3 Å². The average Bonchev–Trinajstić information content (AvgIpc) is 2.99. The van der Waals surface area contributed by atoms with Crippen LogP contribution in [-0.2, 0) is 11.3 Å². The van der Waals surface area contributed by atoms with Crippen LogP contribution >= 0.6 is 0 Å². The highest BCUT2D eigenvalue weighted by molar-refractivity contribution is 5.76. The number of aryl methyl sites for hydroxylation is 2. The van der Waals surface area contributed by atoms with Crippen molar-refractivity contribution in [2.24, 2.45) is 0 Å². The predicted molar refractivity (Wildman–Crippen MR) is 84.0 cm³/mol. The summed E-state index contributed by atoms with van der Waals surface area (Å²) < 4.78 is 7.53. The molecule has 0 radical (unpaired) electrons. The summed E-state index contributed by atoms with van der Waals surface area (Å²) in [5.41, 5.74) is 1.77. The quantitative estimate of drug-likeness (QED) is 0.852. The van der Waals surface area contributed by atoms with E-state index in [1.165, 1.54) is 0 Å². The van der Waals surface area contributed by atoms with E-state index in [2.05, 4.69) is 15.1 Å². The van der Waals surface area contributed by atoms with Crippen LogP contribution in [-0.4, -0.2) is 49.7 Å². The third-order valence-electron chi connectivity index (χ3n) is 3.82. The van der Waals surface area contributed by atoms with Gasteiger partial charge >= 0.3 is 6.01 Å². The van der Waals surface area contributed by atoms with Gasteiger partial charge in [0.25, 0.3) is 0 Å². The second-order valence-corrected chi connectivity index (χ2v) is 5.86. The van der Waals surface area contributed by atoms with Crippen LogP contribution in [0.4, 0.5) is 0 Å². The Hall–Kier alpha value is -2.44. The smallest absolute Gasteiger partial charge is 0.317 e. The molecule has 0 aliphatic carbocycles. The van der Waals surface area contributed by atoms with Crippen LogP contribution in [0.25, 0.3) is 0 Å². The molecule has 122 valence electrons. The zero-order valence-corrected chi connectivity index (χ0v) is 13.5. The van der Waals surface area contributed by atoms with E-state index < -0.39 is 0 Å². The minimum absolute atomic E-state index is 0.0586. The Morgan fingerprint density at radius 3 is 2.83 bits per heavy atom. The lowest BCUT2D eigenvalue weighted by atomic mass is 10.1. The van der Waals surface area contributed by atoms with Crippen LogP contribution in [0.5, 0.6) is 6.01 Å². The van der Waals surface area contributed by atoms with Gasteiger partial charge in [0.05, 0.1) is 6.54 Å². The number of nitrogens with zero attached hydrogens (tertiary/aromatic N) is 5. The summed E-state index contributed by atoms with van der Waals surface area (Å²) in [4.78, 5) is 22.8. The van der Waals surface area contributed by atoms with E-state index >= 15 is 0 Å². The van der Waals surface area contributed by atoms with Crippen molar-refractivity contribution >= 4 is 5.91 Å². The summed E-state index contributed by atoms with van der Waals surface area (Å²) in [6, 6.07) is 4.12. The third kappa shape index (κ3) is 4.06. The Kier molecular flexibility index (Phi) is 4.55. The second kappa shape index (κ2) is 6.76. The Bertz CT molecular complexity index is 651. The van der Waals surface area contributed by atoms with Crippen LogP contribution in [0, 0.1) is 13.8 Å². The van der Waals surface area contributed by atoms with E-state index in [-0.39, 0.29) is 18.6 Å². The summed E-state index contributed by atoms with van der Waals surface area (Å²) in [6.07, 6.45) is 5.22. The van der Waals surface area contributed by atoms with Crippen molar-refractivity contribution in [3.63, 3.8) is 0 Å². The van der Waals surface area contributed by atoms with Crippen LogP contribution in [0.3, 0.4) is 0 Å². The van der Waals surface area contributed by atoms with Gasteiger partial charge in [0.1, 0.15) is 12.6 Å². The fourth-order valence-corrected chi connectivity index (χ4v) is 2.79. The van der Waals surface area contributed by atoms with Gasteiger partial charge in [-0.25, -0.2) is 9.97 Å². The minimum Gasteiger partial charge on any atom is -0.458 e. The fourth-order valence-electron chi connectivity index (χ4n) is 2.79. The maximum absolute atomic E-state index is 12.3. The number of carbonyl (C=O) groups is 1. The normalized spacial score (nSPS) is 18.0. The number of aromatic nitrogens is 4. The Balaban J connectivity index is 1.60. The van der Waals surface area contributed by atoms with Crippen molar-refractivity contribution in [2.75, 3.05) is 13.1 Å². The maximum Gasteiger partial charge on any atom is 0.317 e. The number of likely N-dealkylation sites (tertiary alicyclic amines) is 1. The summed E-state index contributed by atoms with van der Waals surface area (Å²) in [7, 11) is 0. The van der Waals surface area contributed by atoms with Gasteiger partial charge in [0, 0.05) is 30.3 Å². The third-order valence-corrected chi connectivity index (χ3v) is 3.82. The molecular formula is C16H21N5O2. The highest BCUT2D eigenvalue weighted by atomic mass is 16.5. The molecule has 1 amide bonds. The van der Waals surface area contributed by atoms with Gasteiger partial charge in [-0.3, -0.25) is 9.48 Å². The summed E-state index contributed by atoms with van der Waals surface area (Å²) in [5.74, 6) is 0.0586. The lowest BCUT2D eigenvalue weighted by Crippen LogP contribution is -2.45. The Morgan fingerprint density at radius 2 is 2.13 bits per heavy atom. The molecule has 7 heteroatoms. The van der Waals surface area contributed by atoms with E-state index in [1.54, 1.807) is 17.1 Å². The van der Waals surface area contributed by atoms with E-state index in [0.29, 0.717) is 12.6 Å². The number of ether oxygens (including phenoxy) is 1. The van der Waals surface area contributed by atoms with Gasteiger partial charge in [0.2, 0.25) is 5.91 Å². The number of amides is 1. The molecule has 1 saturated heterocycles. The van der Waals surface area contributed by atoms with Crippen molar-refractivity contribution < 1.29 is 9.53 Å². The van der Waals surface area contributed by atoms with Crippen LogP contribution < -0.4 is 4.74 Å². The Morgan fingerprint density at radius 1 is 1.35 bits per heavy atom. The molecule has 3 rings (SSSR count). The van der Waals surface area contributed by atoms with Crippen LogP contribution in [0.15, 0.2) is 24.5 Å². The number of piperidine rings is 1. The zero-order valence-electron chi connectivity index (χ0n) is 13.5. The number of hydrogen-bond donors (Lipinski definition) is 0. The highest BCUT2D eigenvalue weighted by Gasteiger charge is 2.25. The first-order valence-corrected chi connectivity index (χ1v) is 7.84. The average molecular weight is 315 g/mol. The number of carbonyl (C=O) groups excluding carboxylic acids is 1. The lowest BCUT2D eigenvalue weighted by Gasteiger charge is -2.32. The lowest BCUT2D eigenvalue weighted by molar-refractivity contribution is -0.134. The van der Waals surface area contributed by atoms with Gasteiger partial charge in [-0.05, 0) is 38.8 Å². The molecule has 7 nitrogen and oxygen atoms in total. The van der Waals surface area contributed by atoms with Gasteiger partial charge in [-0.15, -0.1) is 0 Å². The first-order chi connectivity index (χ1) is 11.1.